The Morgan fingerprint density at radius 1 is 1.33 bits per heavy atom. The van der Waals surface area contributed by atoms with Gasteiger partial charge in [-0.25, -0.2) is 9.97 Å². The predicted octanol–water partition coefficient (Wildman–Crippen LogP) is 4.06. The standard InChI is InChI=1S/C14H9N3O2S2/c1-7-16-9-4-8(2-3-10(9)19-7)17-13(18)11-5-12-14(21-11)15-6-20-12/h2-6H,1H3,(H,17,18). The number of amides is 1. The van der Waals surface area contributed by atoms with Gasteiger partial charge in [-0.2, -0.15) is 0 Å². The molecule has 0 unspecified atom stereocenters. The highest BCUT2D eigenvalue weighted by molar-refractivity contribution is 7.27. The summed E-state index contributed by atoms with van der Waals surface area (Å²) in [6.07, 6.45) is 0. The van der Waals surface area contributed by atoms with Crippen molar-refractivity contribution in [3.8, 4) is 0 Å². The fourth-order valence-corrected chi connectivity index (χ4v) is 3.91. The summed E-state index contributed by atoms with van der Waals surface area (Å²) in [5, 5.41) is 2.88. The van der Waals surface area contributed by atoms with Gasteiger partial charge < -0.3 is 9.73 Å². The molecule has 0 saturated carbocycles. The Morgan fingerprint density at radius 2 is 2.24 bits per heavy atom. The molecule has 0 aliphatic rings. The van der Waals surface area contributed by atoms with E-state index in [-0.39, 0.29) is 5.91 Å². The highest BCUT2D eigenvalue weighted by Gasteiger charge is 2.13. The molecule has 4 rings (SSSR count). The molecule has 7 heteroatoms. The summed E-state index contributed by atoms with van der Waals surface area (Å²) in [7, 11) is 0. The highest BCUT2D eigenvalue weighted by Crippen LogP contribution is 2.28. The van der Waals surface area contributed by atoms with E-state index < -0.39 is 0 Å². The van der Waals surface area contributed by atoms with Crippen LogP contribution >= 0.6 is 22.7 Å². The van der Waals surface area contributed by atoms with Crippen molar-refractivity contribution in [2.45, 2.75) is 6.92 Å². The lowest BCUT2D eigenvalue weighted by molar-refractivity contribution is 0.103. The van der Waals surface area contributed by atoms with Crippen molar-refractivity contribution in [2.75, 3.05) is 5.32 Å². The lowest BCUT2D eigenvalue weighted by Crippen LogP contribution is -2.09. The second kappa shape index (κ2) is 4.64. The largest absolute Gasteiger partial charge is 0.441 e. The second-order valence-corrected chi connectivity index (χ2v) is 6.42. The molecule has 104 valence electrons. The maximum atomic E-state index is 12.3. The van der Waals surface area contributed by atoms with Crippen LogP contribution in [0, 0.1) is 6.92 Å². The predicted molar refractivity (Wildman–Crippen MR) is 84.2 cm³/mol. The van der Waals surface area contributed by atoms with E-state index in [2.05, 4.69) is 15.3 Å². The number of aryl methyl sites for hydroxylation is 1. The van der Waals surface area contributed by atoms with Crippen LogP contribution in [0.15, 0.2) is 34.2 Å². The molecule has 3 aromatic heterocycles. The number of rotatable bonds is 2. The molecule has 0 fully saturated rings. The molecule has 1 N–H and O–H groups in total. The van der Waals surface area contributed by atoms with Gasteiger partial charge in [-0.15, -0.1) is 22.7 Å². The fraction of sp³-hybridized carbons (Fsp3) is 0.0714. The smallest absolute Gasteiger partial charge is 0.265 e. The van der Waals surface area contributed by atoms with Gasteiger partial charge in [-0.1, -0.05) is 0 Å². The number of thiazole rings is 1. The Morgan fingerprint density at radius 3 is 3.10 bits per heavy atom. The van der Waals surface area contributed by atoms with Gasteiger partial charge in [0.2, 0.25) is 0 Å². The van der Waals surface area contributed by atoms with Gasteiger partial charge in [0.25, 0.3) is 5.91 Å². The molecule has 0 aliphatic carbocycles. The minimum Gasteiger partial charge on any atom is -0.441 e. The van der Waals surface area contributed by atoms with E-state index in [1.165, 1.54) is 22.7 Å². The Hall–Kier alpha value is -2.25. The number of anilines is 1. The van der Waals surface area contributed by atoms with E-state index >= 15 is 0 Å². The number of oxazole rings is 1. The van der Waals surface area contributed by atoms with Crippen molar-refractivity contribution in [2.24, 2.45) is 0 Å². The summed E-state index contributed by atoms with van der Waals surface area (Å²) in [5.41, 5.74) is 3.93. The number of nitrogens with zero attached hydrogens (tertiary/aromatic N) is 2. The van der Waals surface area contributed by atoms with Crippen LogP contribution < -0.4 is 5.32 Å². The molecular formula is C14H9N3O2S2. The molecule has 0 saturated heterocycles. The highest BCUT2D eigenvalue weighted by atomic mass is 32.1. The van der Waals surface area contributed by atoms with Crippen LogP contribution in [0.1, 0.15) is 15.6 Å². The maximum absolute atomic E-state index is 12.3. The monoisotopic (exact) mass is 315 g/mol. The third-order valence-corrected chi connectivity index (χ3v) is 4.95. The SMILES string of the molecule is Cc1nc2cc(NC(=O)c3cc4scnc4s3)ccc2o1. The van der Waals surface area contributed by atoms with Crippen molar-refractivity contribution >= 4 is 54.9 Å². The van der Waals surface area contributed by atoms with Crippen LogP contribution in [-0.4, -0.2) is 15.9 Å². The number of hydrogen-bond acceptors (Lipinski definition) is 6. The number of nitrogens with one attached hydrogen (secondary N) is 1. The van der Waals surface area contributed by atoms with Crippen molar-refractivity contribution < 1.29 is 9.21 Å². The van der Waals surface area contributed by atoms with Crippen molar-refractivity contribution in [1.29, 1.82) is 0 Å². The first-order valence-corrected chi connectivity index (χ1v) is 7.90. The normalized spacial score (nSPS) is 11.3. The molecule has 0 atom stereocenters. The van der Waals surface area contributed by atoms with Gasteiger partial charge in [0.05, 0.1) is 15.1 Å². The minimum atomic E-state index is -0.134. The van der Waals surface area contributed by atoms with E-state index in [0.29, 0.717) is 22.0 Å². The van der Waals surface area contributed by atoms with Crippen LogP contribution in [0.3, 0.4) is 0 Å². The fourth-order valence-electron chi connectivity index (χ4n) is 2.10. The Balaban J connectivity index is 1.63. The number of carbonyl (C=O) groups excluding carboxylic acids is 1. The summed E-state index contributed by atoms with van der Waals surface area (Å²) in [6, 6.07) is 7.28. The average Bonchev–Trinajstić information content (AvgIpc) is 3.09. The zero-order chi connectivity index (χ0) is 14.4. The summed E-state index contributed by atoms with van der Waals surface area (Å²) in [4.78, 5) is 22.3. The number of hydrogen-bond donors (Lipinski definition) is 1. The molecule has 4 aromatic rings. The van der Waals surface area contributed by atoms with Crippen molar-refractivity contribution in [1.82, 2.24) is 9.97 Å². The molecule has 0 radical (unpaired) electrons. The van der Waals surface area contributed by atoms with Crippen LogP contribution in [0.4, 0.5) is 5.69 Å². The van der Waals surface area contributed by atoms with Crippen molar-refractivity contribution in [3.05, 3.63) is 40.5 Å². The number of benzene rings is 1. The first-order valence-electron chi connectivity index (χ1n) is 6.20. The lowest BCUT2D eigenvalue weighted by atomic mass is 10.3. The lowest BCUT2D eigenvalue weighted by Gasteiger charge is -2.02. The number of fused-ring (bicyclic) bond motifs is 2. The Kier molecular flexibility index (Phi) is 2.76. The molecule has 0 bridgehead atoms. The topological polar surface area (TPSA) is 68.0 Å². The number of aromatic nitrogens is 2. The Labute approximate surface area is 127 Å². The van der Waals surface area contributed by atoms with Crippen LogP contribution in [0.25, 0.3) is 20.6 Å². The van der Waals surface area contributed by atoms with E-state index in [9.17, 15) is 4.79 Å². The molecule has 5 nitrogen and oxygen atoms in total. The van der Waals surface area contributed by atoms with E-state index in [4.69, 9.17) is 4.42 Å². The minimum absolute atomic E-state index is 0.134. The molecule has 0 aliphatic heterocycles. The van der Waals surface area contributed by atoms with Gasteiger partial charge >= 0.3 is 0 Å². The van der Waals surface area contributed by atoms with E-state index in [1.807, 2.05) is 6.07 Å². The summed E-state index contributed by atoms with van der Waals surface area (Å²) >= 11 is 2.93. The third kappa shape index (κ3) is 2.20. The van der Waals surface area contributed by atoms with Crippen LogP contribution in [0.5, 0.6) is 0 Å². The molecule has 1 amide bonds. The van der Waals surface area contributed by atoms with Gasteiger partial charge in [0.1, 0.15) is 10.3 Å². The first kappa shape index (κ1) is 12.5. The molecule has 3 heterocycles. The Bertz CT molecular complexity index is 938. The van der Waals surface area contributed by atoms with Crippen LogP contribution in [-0.2, 0) is 0 Å². The first-order chi connectivity index (χ1) is 10.2. The number of carbonyl (C=O) groups is 1. The van der Waals surface area contributed by atoms with E-state index in [0.717, 1.165) is 15.0 Å². The summed E-state index contributed by atoms with van der Waals surface area (Å²) in [5.74, 6) is 0.475. The average molecular weight is 315 g/mol. The van der Waals surface area contributed by atoms with Crippen LogP contribution in [0.2, 0.25) is 0 Å². The summed E-state index contributed by atoms with van der Waals surface area (Å²) in [6.45, 7) is 1.80. The molecule has 1 aromatic carbocycles. The number of thiophene rings is 1. The third-order valence-electron chi connectivity index (χ3n) is 3.01. The molecule has 21 heavy (non-hydrogen) atoms. The van der Waals surface area contributed by atoms with Gasteiger partial charge in [-0.3, -0.25) is 4.79 Å². The zero-order valence-electron chi connectivity index (χ0n) is 10.9. The maximum Gasteiger partial charge on any atom is 0.265 e. The molecule has 0 spiro atoms. The zero-order valence-corrected chi connectivity index (χ0v) is 12.5. The quantitative estimate of drug-likeness (QED) is 0.605. The molecular weight excluding hydrogens is 306 g/mol. The van der Waals surface area contributed by atoms with E-state index in [1.54, 1.807) is 30.6 Å². The second-order valence-electron chi connectivity index (χ2n) is 4.50. The van der Waals surface area contributed by atoms with Gasteiger partial charge in [0, 0.05) is 12.6 Å². The van der Waals surface area contributed by atoms with Gasteiger partial charge in [0.15, 0.2) is 11.5 Å². The summed E-state index contributed by atoms with van der Waals surface area (Å²) < 4.78 is 6.45. The van der Waals surface area contributed by atoms with Gasteiger partial charge in [-0.05, 0) is 24.3 Å². The van der Waals surface area contributed by atoms with Crippen molar-refractivity contribution in [3.63, 3.8) is 0 Å².